The standard InChI is InChI=1S/C18H20N4O2/c1-11-15(13(3)22-18(24)16(11)9-19)6-7-17(23)21-12(2)14-5-4-8-20-10-14/h4-5,8,10,12H,6-7H2,1-3H3,(H,21,23)(H,22,24). The molecule has 6 heteroatoms. The van der Waals surface area contributed by atoms with Crippen molar-refractivity contribution in [3.63, 3.8) is 0 Å². The summed E-state index contributed by atoms with van der Waals surface area (Å²) in [5, 5.41) is 12.0. The maximum absolute atomic E-state index is 12.2. The Morgan fingerprint density at radius 3 is 2.83 bits per heavy atom. The minimum atomic E-state index is -0.383. The van der Waals surface area contributed by atoms with Crippen LogP contribution in [0.15, 0.2) is 29.3 Å². The zero-order chi connectivity index (χ0) is 17.7. The Morgan fingerprint density at radius 1 is 1.46 bits per heavy atom. The lowest BCUT2D eigenvalue weighted by Gasteiger charge is -2.15. The lowest BCUT2D eigenvalue weighted by atomic mass is 9.99. The highest BCUT2D eigenvalue weighted by Crippen LogP contribution is 2.16. The summed E-state index contributed by atoms with van der Waals surface area (Å²) in [7, 11) is 0. The number of amides is 1. The first-order valence-corrected chi connectivity index (χ1v) is 7.75. The van der Waals surface area contributed by atoms with Crippen LogP contribution in [-0.2, 0) is 11.2 Å². The average molecular weight is 324 g/mol. The molecule has 2 aromatic rings. The number of carbonyl (C=O) groups excluding carboxylic acids is 1. The van der Waals surface area contributed by atoms with Crippen LogP contribution in [-0.4, -0.2) is 15.9 Å². The van der Waals surface area contributed by atoms with E-state index in [1.807, 2.05) is 25.1 Å². The summed E-state index contributed by atoms with van der Waals surface area (Å²) in [6.45, 7) is 5.42. The van der Waals surface area contributed by atoms with Crippen LogP contribution in [0.3, 0.4) is 0 Å². The fourth-order valence-corrected chi connectivity index (χ4v) is 2.69. The van der Waals surface area contributed by atoms with Crippen LogP contribution in [0.25, 0.3) is 0 Å². The first kappa shape index (κ1) is 17.4. The lowest BCUT2D eigenvalue weighted by molar-refractivity contribution is -0.121. The highest BCUT2D eigenvalue weighted by Gasteiger charge is 2.14. The molecule has 0 aliphatic heterocycles. The van der Waals surface area contributed by atoms with Gasteiger partial charge in [0.15, 0.2) is 0 Å². The second kappa shape index (κ2) is 7.55. The third-order valence-corrected chi connectivity index (χ3v) is 4.08. The largest absolute Gasteiger partial charge is 0.350 e. The maximum Gasteiger partial charge on any atom is 0.266 e. The molecule has 0 aliphatic carbocycles. The Kier molecular flexibility index (Phi) is 5.48. The first-order chi connectivity index (χ1) is 11.4. The number of carbonyl (C=O) groups is 1. The second-order valence-corrected chi connectivity index (χ2v) is 5.75. The molecule has 0 saturated heterocycles. The molecule has 2 aromatic heterocycles. The summed E-state index contributed by atoms with van der Waals surface area (Å²) in [5.74, 6) is -0.0881. The molecule has 24 heavy (non-hydrogen) atoms. The van der Waals surface area contributed by atoms with Crippen LogP contribution in [0.4, 0.5) is 0 Å². The number of aryl methyl sites for hydroxylation is 1. The monoisotopic (exact) mass is 324 g/mol. The number of nitrogens with zero attached hydrogens (tertiary/aromatic N) is 2. The molecule has 6 nitrogen and oxygen atoms in total. The molecule has 0 fully saturated rings. The number of nitrogens with one attached hydrogen (secondary N) is 2. The lowest BCUT2D eigenvalue weighted by Crippen LogP contribution is -2.27. The Bertz CT molecular complexity index is 835. The third-order valence-electron chi connectivity index (χ3n) is 4.08. The molecular formula is C18H20N4O2. The quantitative estimate of drug-likeness (QED) is 0.879. The zero-order valence-electron chi connectivity index (χ0n) is 14.0. The minimum absolute atomic E-state index is 0.0881. The highest BCUT2D eigenvalue weighted by molar-refractivity contribution is 5.76. The van der Waals surface area contributed by atoms with Gasteiger partial charge in [-0.1, -0.05) is 6.07 Å². The molecule has 0 radical (unpaired) electrons. The van der Waals surface area contributed by atoms with Gasteiger partial charge in [-0.15, -0.1) is 0 Å². The van der Waals surface area contributed by atoms with Crippen LogP contribution in [0.2, 0.25) is 0 Å². The van der Waals surface area contributed by atoms with Crippen molar-refractivity contribution in [2.75, 3.05) is 0 Å². The average Bonchev–Trinajstić information content (AvgIpc) is 2.55. The smallest absolute Gasteiger partial charge is 0.266 e. The number of hydrogen-bond donors (Lipinski definition) is 2. The topological polar surface area (TPSA) is 98.6 Å². The summed E-state index contributed by atoms with van der Waals surface area (Å²) in [5.41, 5.74) is 2.85. The van der Waals surface area contributed by atoms with Crippen molar-refractivity contribution >= 4 is 5.91 Å². The van der Waals surface area contributed by atoms with Crippen molar-refractivity contribution < 1.29 is 4.79 Å². The summed E-state index contributed by atoms with van der Waals surface area (Å²) in [6.07, 6.45) is 4.16. The van der Waals surface area contributed by atoms with E-state index in [1.165, 1.54) is 0 Å². The van der Waals surface area contributed by atoms with E-state index in [4.69, 9.17) is 5.26 Å². The molecule has 2 N–H and O–H groups in total. The summed E-state index contributed by atoms with van der Waals surface area (Å²) in [6, 6.07) is 5.53. The normalized spacial score (nSPS) is 11.6. The molecule has 2 rings (SSSR count). The molecule has 1 atom stereocenters. The number of aromatic nitrogens is 2. The van der Waals surface area contributed by atoms with Gasteiger partial charge in [0.1, 0.15) is 11.6 Å². The summed E-state index contributed by atoms with van der Waals surface area (Å²) < 4.78 is 0. The Labute approximate surface area is 140 Å². The van der Waals surface area contributed by atoms with Gasteiger partial charge in [0.25, 0.3) is 5.56 Å². The van der Waals surface area contributed by atoms with Gasteiger partial charge in [-0.05, 0) is 49.9 Å². The van der Waals surface area contributed by atoms with Gasteiger partial charge < -0.3 is 10.3 Å². The fourth-order valence-electron chi connectivity index (χ4n) is 2.69. The molecule has 0 aliphatic rings. The van der Waals surface area contributed by atoms with Crippen molar-refractivity contribution in [1.29, 1.82) is 5.26 Å². The SMILES string of the molecule is Cc1[nH]c(=O)c(C#N)c(C)c1CCC(=O)NC(C)c1cccnc1. The highest BCUT2D eigenvalue weighted by atomic mass is 16.1. The molecular weight excluding hydrogens is 304 g/mol. The van der Waals surface area contributed by atoms with Crippen LogP contribution in [0, 0.1) is 25.2 Å². The fraction of sp³-hybridized carbons (Fsp3) is 0.333. The second-order valence-electron chi connectivity index (χ2n) is 5.75. The summed E-state index contributed by atoms with van der Waals surface area (Å²) >= 11 is 0. The number of hydrogen-bond acceptors (Lipinski definition) is 4. The van der Waals surface area contributed by atoms with Gasteiger partial charge in [-0.2, -0.15) is 5.26 Å². The molecule has 2 heterocycles. The van der Waals surface area contributed by atoms with E-state index in [0.29, 0.717) is 17.7 Å². The molecule has 1 amide bonds. The van der Waals surface area contributed by atoms with Crippen LogP contribution >= 0.6 is 0 Å². The zero-order valence-corrected chi connectivity index (χ0v) is 14.0. The number of nitriles is 1. The molecule has 0 spiro atoms. The van der Waals surface area contributed by atoms with Gasteiger partial charge >= 0.3 is 0 Å². The van der Waals surface area contributed by atoms with Crippen molar-refractivity contribution in [1.82, 2.24) is 15.3 Å². The van der Waals surface area contributed by atoms with Crippen LogP contribution in [0.1, 0.15) is 47.3 Å². The van der Waals surface area contributed by atoms with E-state index in [2.05, 4.69) is 15.3 Å². The number of aromatic amines is 1. The van der Waals surface area contributed by atoms with Gasteiger partial charge in [-0.25, -0.2) is 0 Å². The van der Waals surface area contributed by atoms with Gasteiger partial charge in [0.2, 0.25) is 5.91 Å². The molecule has 0 aromatic carbocycles. The molecule has 0 bridgehead atoms. The van der Waals surface area contributed by atoms with Crippen molar-refractivity contribution in [3.8, 4) is 6.07 Å². The number of H-pyrrole nitrogens is 1. The Morgan fingerprint density at radius 2 is 2.21 bits per heavy atom. The van der Waals surface area contributed by atoms with Crippen molar-refractivity contribution in [2.24, 2.45) is 0 Å². The van der Waals surface area contributed by atoms with E-state index < -0.39 is 0 Å². The minimum Gasteiger partial charge on any atom is -0.350 e. The molecule has 0 saturated carbocycles. The third kappa shape index (κ3) is 3.87. The maximum atomic E-state index is 12.2. The number of rotatable bonds is 5. The van der Waals surface area contributed by atoms with E-state index in [-0.39, 0.29) is 29.5 Å². The van der Waals surface area contributed by atoms with E-state index >= 15 is 0 Å². The summed E-state index contributed by atoms with van der Waals surface area (Å²) in [4.78, 5) is 30.6. The van der Waals surface area contributed by atoms with E-state index in [9.17, 15) is 9.59 Å². The predicted molar refractivity (Wildman–Crippen MR) is 90.4 cm³/mol. The van der Waals surface area contributed by atoms with Gasteiger partial charge in [0, 0.05) is 24.5 Å². The number of pyridine rings is 2. The van der Waals surface area contributed by atoms with E-state index in [1.54, 1.807) is 26.2 Å². The van der Waals surface area contributed by atoms with Gasteiger partial charge in [0.05, 0.1) is 6.04 Å². The predicted octanol–water partition coefficient (Wildman–Crippen LogP) is 2.07. The van der Waals surface area contributed by atoms with Crippen molar-refractivity contribution in [3.05, 3.63) is 62.8 Å². The Balaban J connectivity index is 2.05. The molecule has 1 unspecified atom stereocenters. The molecule has 124 valence electrons. The van der Waals surface area contributed by atoms with Crippen molar-refractivity contribution in [2.45, 2.75) is 39.7 Å². The van der Waals surface area contributed by atoms with Crippen LogP contribution < -0.4 is 10.9 Å². The Hall–Kier alpha value is -2.94. The van der Waals surface area contributed by atoms with E-state index in [0.717, 1.165) is 11.1 Å². The van der Waals surface area contributed by atoms with Gasteiger partial charge in [-0.3, -0.25) is 14.6 Å². The van der Waals surface area contributed by atoms with Crippen LogP contribution in [0.5, 0.6) is 0 Å². The first-order valence-electron chi connectivity index (χ1n) is 7.75.